The zero-order valence-corrected chi connectivity index (χ0v) is 12.2. The first-order valence-electron chi connectivity index (χ1n) is 5.92. The molecule has 0 aliphatic carbocycles. The lowest BCUT2D eigenvalue weighted by Crippen LogP contribution is -2.19. The van der Waals surface area contributed by atoms with Gasteiger partial charge in [0.25, 0.3) is 5.91 Å². The molecule has 1 aromatic heterocycles. The van der Waals surface area contributed by atoms with Gasteiger partial charge in [-0.25, -0.2) is 4.98 Å². The topological polar surface area (TPSA) is 71.1 Å². The van der Waals surface area contributed by atoms with Crippen LogP contribution in [0.5, 0.6) is 0 Å². The molecule has 1 aromatic carbocycles. The number of thiazole rings is 1. The van der Waals surface area contributed by atoms with Gasteiger partial charge in [0.15, 0.2) is 5.13 Å². The van der Waals surface area contributed by atoms with E-state index in [0.29, 0.717) is 22.1 Å². The minimum atomic E-state index is -0.230. The number of hydrogen-bond donors (Lipinski definition) is 2. The maximum atomic E-state index is 12.1. The number of nitrogens with zero attached hydrogens (tertiary/aromatic N) is 1. The normalized spacial score (nSPS) is 13.6. The average molecular weight is 305 g/mol. The predicted octanol–water partition coefficient (Wildman–Crippen LogP) is 2.75. The van der Waals surface area contributed by atoms with Crippen LogP contribution in [0.15, 0.2) is 29.3 Å². The summed E-state index contributed by atoms with van der Waals surface area (Å²) in [6.07, 6.45) is 1.71. The second-order valence-electron chi connectivity index (χ2n) is 4.28. The molecule has 0 bridgehead atoms. The van der Waals surface area contributed by atoms with Gasteiger partial charge >= 0.3 is 0 Å². The van der Waals surface area contributed by atoms with Crippen LogP contribution >= 0.6 is 23.1 Å². The van der Waals surface area contributed by atoms with Gasteiger partial charge in [-0.15, -0.1) is 23.1 Å². The number of carbonyl (C=O) groups excluding carboxylic acids is 2. The fraction of sp³-hybridized carbons (Fsp3) is 0.154. The van der Waals surface area contributed by atoms with Crippen molar-refractivity contribution in [1.29, 1.82) is 0 Å². The van der Waals surface area contributed by atoms with E-state index in [1.807, 2.05) is 13.0 Å². The van der Waals surface area contributed by atoms with E-state index in [1.54, 1.807) is 18.3 Å². The highest BCUT2D eigenvalue weighted by Gasteiger charge is 2.17. The van der Waals surface area contributed by atoms with Crippen LogP contribution in [0.2, 0.25) is 0 Å². The largest absolute Gasteiger partial charge is 0.324 e. The molecule has 0 spiro atoms. The summed E-state index contributed by atoms with van der Waals surface area (Å²) in [6, 6.07) is 5.29. The molecule has 102 valence electrons. The molecule has 2 heterocycles. The summed E-state index contributed by atoms with van der Waals surface area (Å²) in [6.45, 7) is 1.93. The lowest BCUT2D eigenvalue weighted by molar-refractivity contribution is -0.113. The first kappa shape index (κ1) is 13.1. The van der Waals surface area contributed by atoms with Gasteiger partial charge in [-0.1, -0.05) is 0 Å². The number of hydrogen-bond acceptors (Lipinski definition) is 5. The Kier molecular flexibility index (Phi) is 3.45. The Bertz CT molecular complexity index is 697. The molecule has 2 aromatic rings. The molecular weight excluding hydrogens is 294 g/mol. The summed E-state index contributed by atoms with van der Waals surface area (Å²) in [5.41, 5.74) is 1.19. The first-order valence-corrected chi connectivity index (χ1v) is 7.72. The Morgan fingerprint density at radius 1 is 1.45 bits per heavy atom. The van der Waals surface area contributed by atoms with Gasteiger partial charge in [-0.3, -0.25) is 14.9 Å². The third-order valence-electron chi connectivity index (χ3n) is 2.72. The Morgan fingerprint density at radius 3 is 3.05 bits per heavy atom. The number of benzene rings is 1. The van der Waals surface area contributed by atoms with Crippen molar-refractivity contribution in [1.82, 2.24) is 4.98 Å². The van der Waals surface area contributed by atoms with Crippen molar-refractivity contribution >= 4 is 45.7 Å². The van der Waals surface area contributed by atoms with Crippen LogP contribution in [0, 0.1) is 6.92 Å². The van der Waals surface area contributed by atoms with Crippen molar-refractivity contribution in [2.24, 2.45) is 0 Å². The van der Waals surface area contributed by atoms with Gasteiger partial charge in [-0.2, -0.15) is 0 Å². The van der Waals surface area contributed by atoms with E-state index in [-0.39, 0.29) is 11.8 Å². The van der Waals surface area contributed by atoms with Crippen LogP contribution in [0.4, 0.5) is 10.8 Å². The summed E-state index contributed by atoms with van der Waals surface area (Å²) in [4.78, 5) is 29.6. The average Bonchev–Trinajstić information content (AvgIpc) is 2.83. The second-order valence-corrected chi connectivity index (χ2v) is 6.53. The highest BCUT2D eigenvalue weighted by atomic mass is 32.2. The van der Waals surface area contributed by atoms with E-state index >= 15 is 0 Å². The number of fused-ring (bicyclic) bond motifs is 1. The van der Waals surface area contributed by atoms with E-state index in [2.05, 4.69) is 15.6 Å². The molecule has 0 unspecified atom stereocenters. The Labute approximate surface area is 123 Å². The molecule has 0 saturated heterocycles. The van der Waals surface area contributed by atoms with Crippen LogP contribution in [-0.4, -0.2) is 22.6 Å². The first-order chi connectivity index (χ1) is 9.61. The predicted molar refractivity (Wildman–Crippen MR) is 80.6 cm³/mol. The summed E-state index contributed by atoms with van der Waals surface area (Å²) >= 11 is 2.89. The molecule has 1 aliphatic rings. The summed E-state index contributed by atoms with van der Waals surface area (Å²) in [5.74, 6) is 0.138. The number of amides is 2. The number of carbonyl (C=O) groups is 2. The van der Waals surface area contributed by atoms with Crippen molar-refractivity contribution in [2.75, 3.05) is 16.4 Å². The minimum Gasteiger partial charge on any atom is -0.324 e. The van der Waals surface area contributed by atoms with Gasteiger partial charge in [0.05, 0.1) is 11.4 Å². The molecule has 0 fully saturated rings. The monoisotopic (exact) mass is 305 g/mol. The van der Waals surface area contributed by atoms with Gasteiger partial charge < -0.3 is 5.32 Å². The Hall–Kier alpha value is -1.86. The van der Waals surface area contributed by atoms with Gasteiger partial charge in [0, 0.05) is 21.5 Å². The van der Waals surface area contributed by atoms with Crippen LogP contribution in [0.3, 0.4) is 0 Å². The number of thioether (sulfide) groups is 1. The number of aromatic nitrogens is 1. The number of nitrogens with one attached hydrogen (secondary N) is 2. The summed E-state index contributed by atoms with van der Waals surface area (Å²) < 4.78 is 0. The molecule has 0 radical (unpaired) electrons. The molecule has 0 atom stereocenters. The van der Waals surface area contributed by atoms with Crippen LogP contribution in [0.1, 0.15) is 15.2 Å². The van der Waals surface area contributed by atoms with Crippen molar-refractivity contribution < 1.29 is 9.59 Å². The van der Waals surface area contributed by atoms with Crippen molar-refractivity contribution in [3.05, 3.63) is 34.8 Å². The Balaban J connectivity index is 1.81. The maximum Gasteiger partial charge on any atom is 0.257 e. The van der Waals surface area contributed by atoms with Crippen LogP contribution in [-0.2, 0) is 4.79 Å². The zero-order valence-electron chi connectivity index (χ0n) is 10.6. The fourth-order valence-corrected chi connectivity index (χ4v) is 3.25. The SMILES string of the molecule is Cc1cnc(NC(=O)c2ccc3c(c2)NC(=O)CS3)s1. The standard InChI is InChI=1S/C13H11N3O2S2/c1-7-5-14-13(20-7)16-12(18)8-2-3-10-9(4-8)15-11(17)6-19-10/h2-5H,6H2,1H3,(H,15,17)(H,14,16,18). The molecule has 20 heavy (non-hydrogen) atoms. The smallest absolute Gasteiger partial charge is 0.257 e. The minimum absolute atomic E-state index is 0.0457. The molecule has 7 heteroatoms. The van der Waals surface area contributed by atoms with Gasteiger partial charge in [0.2, 0.25) is 5.91 Å². The molecule has 5 nitrogen and oxygen atoms in total. The highest BCUT2D eigenvalue weighted by Crippen LogP contribution is 2.32. The van der Waals surface area contributed by atoms with E-state index in [0.717, 1.165) is 9.77 Å². The number of aryl methyl sites for hydroxylation is 1. The van der Waals surface area contributed by atoms with E-state index in [9.17, 15) is 9.59 Å². The molecular formula is C13H11N3O2S2. The third kappa shape index (κ3) is 2.68. The maximum absolute atomic E-state index is 12.1. The quantitative estimate of drug-likeness (QED) is 0.895. The molecule has 1 aliphatic heterocycles. The lowest BCUT2D eigenvalue weighted by Gasteiger charge is -2.16. The van der Waals surface area contributed by atoms with E-state index < -0.39 is 0 Å². The van der Waals surface area contributed by atoms with E-state index in [1.165, 1.54) is 23.1 Å². The molecule has 2 amide bonds. The molecule has 2 N–H and O–H groups in total. The number of rotatable bonds is 2. The van der Waals surface area contributed by atoms with Gasteiger partial charge in [0.1, 0.15) is 0 Å². The fourth-order valence-electron chi connectivity index (χ4n) is 1.81. The van der Waals surface area contributed by atoms with Crippen LogP contribution in [0.25, 0.3) is 0 Å². The van der Waals surface area contributed by atoms with Gasteiger partial charge in [-0.05, 0) is 25.1 Å². The van der Waals surface area contributed by atoms with Crippen molar-refractivity contribution in [3.63, 3.8) is 0 Å². The molecule has 3 rings (SSSR count). The van der Waals surface area contributed by atoms with E-state index in [4.69, 9.17) is 0 Å². The third-order valence-corrected chi connectivity index (χ3v) is 4.62. The zero-order chi connectivity index (χ0) is 14.1. The highest BCUT2D eigenvalue weighted by molar-refractivity contribution is 8.00. The van der Waals surface area contributed by atoms with Crippen LogP contribution < -0.4 is 10.6 Å². The lowest BCUT2D eigenvalue weighted by atomic mass is 10.2. The van der Waals surface area contributed by atoms with Crippen molar-refractivity contribution in [2.45, 2.75) is 11.8 Å². The summed E-state index contributed by atoms with van der Waals surface area (Å²) in [5, 5.41) is 6.09. The number of anilines is 2. The van der Waals surface area contributed by atoms with Crippen molar-refractivity contribution in [3.8, 4) is 0 Å². The second kappa shape index (κ2) is 5.26. The molecule has 0 saturated carbocycles. The summed E-state index contributed by atoms with van der Waals surface area (Å²) in [7, 11) is 0. The Morgan fingerprint density at radius 2 is 2.30 bits per heavy atom.